The highest BCUT2D eigenvalue weighted by atomic mass is 35.5. The SMILES string of the molecule is C/C=C1/CC2=CC(=N1)CN(C)Cc1nn(CCOC(C)O)c(C)c1-c1c(Cl)ccc3c(c(C(=O)OC)n(C)c13)CCCOc1cc(cc3c1=CC(C)CC=3)SC2. The minimum Gasteiger partial charge on any atom is -0.493 e. The van der Waals surface area contributed by atoms with E-state index in [1.165, 1.54) is 22.8 Å². The first-order valence-corrected chi connectivity index (χ1v) is 20.8. The number of hydrogen-bond acceptors (Lipinski definition) is 9. The van der Waals surface area contributed by atoms with Crippen LogP contribution in [0.2, 0.25) is 5.02 Å². The van der Waals surface area contributed by atoms with Gasteiger partial charge >= 0.3 is 5.97 Å². The van der Waals surface area contributed by atoms with Crippen molar-refractivity contribution in [3.05, 3.63) is 85.8 Å². The number of thioether (sulfide) groups is 1. The highest BCUT2D eigenvalue weighted by Crippen LogP contribution is 2.42. The molecule has 4 heterocycles. The summed E-state index contributed by atoms with van der Waals surface area (Å²) in [5.74, 6) is 1.77. The Bertz CT molecular complexity index is 2390. The van der Waals surface area contributed by atoms with Crippen LogP contribution < -0.4 is 15.2 Å². The molecule has 0 radical (unpaired) electrons. The van der Waals surface area contributed by atoms with Crippen LogP contribution in [-0.4, -0.2) is 82.0 Å². The van der Waals surface area contributed by atoms with E-state index in [0.29, 0.717) is 55.7 Å². The van der Waals surface area contributed by atoms with E-state index in [4.69, 9.17) is 35.9 Å². The van der Waals surface area contributed by atoms with Gasteiger partial charge in [0.15, 0.2) is 6.29 Å². The number of ether oxygens (including phenoxy) is 3. The lowest BCUT2D eigenvalue weighted by atomic mass is 9.97. The average molecular weight is 798 g/mol. The van der Waals surface area contributed by atoms with Gasteiger partial charge in [0.1, 0.15) is 11.4 Å². The van der Waals surface area contributed by atoms with Gasteiger partial charge in [0.25, 0.3) is 0 Å². The Labute approximate surface area is 338 Å². The van der Waals surface area contributed by atoms with Crippen molar-refractivity contribution in [1.82, 2.24) is 19.2 Å². The Hall–Kier alpha value is -4.13. The molecular weight excluding hydrogens is 746 g/mol. The molecule has 2 aromatic heterocycles. The zero-order chi connectivity index (χ0) is 39.7. The molecule has 10 nitrogen and oxygen atoms in total. The third-order valence-corrected chi connectivity index (χ3v) is 12.2. The molecule has 12 heteroatoms. The summed E-state index contributed by atoms with van der Waals surface area (Å²) in [7, 11) is 5.41. The molecule has 2 aliphatic heterocycles. The molecule has 56 heavy (non-hydrogen) atoms. The quantitative estimate of drug-likeness (QED) is 0.171. The van der Waals surface area contributed by atoms with Crippen molar-refractivity contribution in [3.8, 4) is 16.9 Å². The largest absolute Gasteiger partial charge is 0.493 e. The number of allylic oxidation sites excluding steroid dienone is 2. The van der Waals surface area contributed by atoms with Crippen molar-refractivity contribution in [1.29, 1.82) is 0 Å². The van der Waals surface area contributed by atoms with Crippen LogP contribution in [0, 0.1) is 12.8 Å². The fraction of sp³-hybridized carbons (Fsp3) is 0.432. The van der Waals surface area contributed by atoms with Gasteiger partial charge in [0, 0.05) is 70.3 Å². The Morgan fingerprint density at radius 3 is 2.80 bits per heavy atom. The fourth-order valence-electron chi connectivity index (χ4n) is 8.17. The Morgan fingerprint density at radius 2 is 2.04 bits per heavy atom. The number of carbonyl (C=O) groups is 1. The molecule has 8 bridgehead atoms. The van der Waals surface area contributed by atoms with Crippen LogP contribution in [0.1, 0.15) is 67.5 Å². The lowest BCUT2D eigenvalue weighted by molar-refractivity contribution is -0.0877. The zero-order valence-electron chi connectivity index (χ0n) is 33.4. The zero-order valence-corrected chi connectivity index (χ0v) is 35.0. The number of aryl methyl sites for hydroxylation is 2. The number of fused-ring (bicyclic) bond motifs is 7. The molecule has 1 N–H and O–H groups in total. The minimum absolute atomic E-state index is 0.284. The third kappa shape index (κ3) is 8.29. The number of halogens is 1. The van der Waals surface area contributed by atoms with Crippen LogP contribution in [0.25, 0.3) is 34.2 Å². The van der Waals surface area contributed by atoms with Crippen molar-refractivity contribution in [2.45, 2.75) is 77.7 Å². The molecule has 0 fully saturated rings. The minimum atomic E-state index is -0.887. The number of hydrogen-bond donors (Lipinski definition) is 1. The molecule has 2 unspecified atom stereocenters. The van der Waals surface area contributed by atoms with Crippen molar-refractivity contribution in [2.24, 2.45) is 18.0 Å². The topological polar surface area (TPSA) is 103 Å². The smallest absolute Gasteiger partial charge is 0.354 e. The second-order valence-corrected chi connectivity index (χ2v) is 16.5. The summed E-state index contributed by atoms with van der Waals surface area (Å²) in [6.07, 6.45) is 11.2. The number of aromatic nitrogens is 3. The summed E-state index contributed by atoms with van der Waals surface area (Å²) >= 11 is 9.04. The second-order valence-electron chi connectivity index (χ2n) is 15.1. The summed E-state index contributed by atoms with van der Waals surface area (Å²) in [5.41, 5.74) is 9.08. The first-order valence-electron chi connectivity index (χ1n) is 19.4. The highest BCUT2D eigenvalue weighted by Gasteiger charge is 2.29. The number of benzene rings is 2. The number of rotatable bonds is 5. The molecule has 296 valence electrons. The van der Waals surface area contributed by atoms with Crippen molar-refractivity contribution < 1.29 is 24.1 Å². The molecule has 2 atom stereocenters. The van der Waals surface area contributed by atoms with Gasteiger partial charge in [-0.25, -0.2) is 4.79 Å². The standard InChI is InChI=1S/C44H52ClN5O5S/c1-8-31-19-29-20-32(46-31)23-48(5)24-38-40(27(3)50(47-38)15-17-54-28(4)51)41-37(45)14-13-35-34(43(44(52)53-7)49(6)42(35)41)10-9-16-55-39-22-33(56-25-29)21-30-12-11-26(2)18-36(30)39/h8,12-14,18,20-22,26,28,51H,9-11,15-17,19,23-25H2,1-7H3/b31-8-. The number of methoxy groups -OCH3 is 1. The van der Waals surface area contributed by atoms with Crippen molar-refractivity contribution in [2.75, 3.05) is 39.7 Å². The van der Waals surface area contributed by atoms with Crippen LogP contribution in [0.3, 0.4) is 0 Å². The molecule has 0 saturated heterocycles. The maximum atomic E-state index is 13.6. The van der Waals surface area contributed by atoms with Gasteiger partial charge in [-0.05, 0) is 88.1 Å². The first kappa shape index (κ1) is 40.1. The molecule has 7 rings (SSSR count). The summed E-state index contributed by atoms with van der Waals surface area (Å²) in [6, 6.07) is 8.42. The van der Waals surface area contributed by atoms with Crippen LogP contribution in [0.15, 0.2) is 57.6 Å². The highest BCUT2D eigenvalue weighted by molar-refractivity contribution is 7.99. The number of carbonyl (C=O) groups excluding carboxylic acids is 1. The van der Waals surface area contributed by atoms with Gasteiger partial charge in [-0.2, -0.15) is 5.10 Å². The van der Waals surface area contributed by atoms with Crippen LogP contribution in [0.5, 0.6) is 5.75 Å². The van der Waals surface area contributed by atoms with Crippen LogP contribution in [-0.2, 0) is 36.0 Å². The molecule has 2 aromatic carbocycles. The molecule has 0 saturated carbocycles. The van der Waals surface area contributed by atoms with Gasteiger partial charge < -0.3 is 23.9 Å². The molecular formula is C44H52ClN5O5S. The van der Waals surface area contributed by atoms with Crippen LogP contribution in [0.4, 0.5) is 0 Å². The number of aliphatic hydroxyl groups excluding tert-OH is 1. The Balaban J connectivity index is 1.39. The van der Waals surface area contributed by atoms with E-state index >= 15 is 0 Å². The van der Waals surface area contributed by atoms with Gasteiger partial charge in [-0.3, -0.25) is 14.6 Å². The number of nitrogens with zero attached hydrogens (tertiary/aromatic N) is 5. The predicted octanol–water partition coefficient (Wildman–Crippen LogP) is 6.97. The second kappa shape index (κ2) is 17.2. The van der Waals surface area contributed by atoms with Gasteiger partial charge in [0.05, 0.1) is 48.8 Å². The normalized spacial score (nSPS) is 19.2. The molecule has 0 amide bonds. The van der Waals surface area contributed by atoms with E-state index in [-0.39, 0.29) is 6.61 Å². The summed E-state index contributed by atoms with van der Waals surface area (Å²) in [5, 5.41) is 18.8. The van der Waals surface area contributed by atoms with Crippen molar-refractivity contribution >= 4 is 58.1 Å². The maximum Gasteiger partial charge on any atom is 0.354 e. The molecule has 4 aromatic rings. The number of esters is 1. The number of aliphatic hydroxyl groups is 1. The first-order chi connectivity index (χ1) is 26.9. The Morgan fingerprint density at radius 1 is 1.21 bits per heavy atom. The lowest BCUT2D eigenvalue weighted by Crippen LogP contribution is -2.31. The van der Waals surface area contributed by atoms with E-state index in [1.807, 2.05) is 47.1 Å². The summed E-state index contributed by atoms with van der Waals surface area (Å²) in [4.78, 5) is 22.0. The van der Waals surface area contributed by atoms with Crippen molar-refractivity contribution in [3.63, 3.8) is 0 Å². The summed E-state index contributed by atoms with van der Waals surface area (Å²) < 4.78 is 21.4. The van der Waals surface area contributed by atoms with E-state index in [0.717, 1.165) is 80.0 Å². The predicted molar refractivity (Wildman–Crippen MR) is 226 cm³/mol. The average Bonchev–Trinajstić information content (AvgIpc) is 3.62. The van der Waals surface area contributed by atoms with Crippen LogP contribution >= 0.6 is 23.4 Å². The summed E-state index contributed by atoms with van der Waals surface area (Å²) in [6.45, 7) is 10.3. The fourth-order valence-corrected chi connectivity index (χ4v) is 9.35. The van der Waals surface area contributed by atoms with E-state index in [1.54, 1.807) is 6.92 Å². The van der Waals surface area contributed by atoms with E-state index < -0.39 is 12.3 Å². The van der Waals surface area contributed by atoms with Gasteiger partial charge in [-0.1, -0.05) is 48.4 Å². The molecule has 3 aliphatic rings. The number of dihydropyridines is 1. The van der Waals surface area contributed by atoms with Gasteiger partial charge in [-0.15, -0.1) is 11.8 Å². The van der Waals surface area contributed by atoms with Gasteiger partial charge in [0.2, 0.25) is 0 Å². The molecule has 0 spiro atoms. The Kier molecular flexibility index (Phi) is 12.3. The lowest BCUT2D eigenvalue weighted by Gasteiger charge is -2.21. The number of aliphatic imine (C=N–C) groups is 1. The van der Waals surface area contributed by atoms with E-state index in [2.05, 4.69) is 62.2 Å². The maximum absolute atomic E-state index is 13.6. The molecule has 1 aliphatic carbocycles. The monoisotopic (exact) mass is 797 g/mol. The third-order valence-electron chi connectivity index (χ3n) is 10.8. The van der Waals surface area contributed by atoms with E-state index in [9.17, 15) is 9.90 Å².